The van der Waals surface area contributed by atoms with Gasteiger partial charge in [0.2, 0.25) is 47.3 Å². The Hall–Kier alpha value is -6.33. The number of nitrogens with one attached hydrogen (secondary N) is 8. The van der Waals surface area contributed by atoms with Crippen LogP contribution in [0.15, 0.2) is 4.99 Å². The van der Waals surface area contributed by atoms with Crippen molar-refractivity contribution in [2.45, 2.75) is 134 Å². The summed E-state index contributed by atoms with van der Waals surface area (Å²) >= 11 is 3.98. The zero-order chi connectivity index (χ0) is 51.0. The predicted octanol–water partition coefficient (Wildman–Crippen LogP) is -6.94. The Morgan fingerprint density at radius 1 is 0.545 bits per heavy atom. The fourth-order valence-corrected chi connectivity index (χ4v) is 5.68. The highest BCUT2D eigenvalue weighted by Gasteiger charge is 2.35. The molecule has 374 valence electrons. The number of carbonyl (C=O) groups excluding carboxylic acids is 8. The summed E-state index contributed by atoms with van der Waals surface area (Å²) in [5.41, 5.74) is 16.4. The molecular formula is C37H64N12O16S. The van der Waals surface area contributed by atoms with Gasteiger partial charge in [-0.15, -0.1) is 0 Å². The second-order valence-electron chi connectivity index (χ2n) is 15.3. The largest absolute Gasteiger partial charge is 0.481 e. The number of nitrogens with two attached hydrogens (primary N) is 3. The fourth-order valence-electron chi connectivity index (χ4n) is 5.43. The molecule has 0 rings (SSSR count). The van der Waals surface area contributed by atoms with Crippen molar-refractivity contribution >= 4 is 83.8 Å². The number of aliphatic carboxylic acids is 3. The van der Waals surface area contributed by atoms with E-state index in [1.54, 1.807) is 0 Å². The van der Waals surface area contributed by atoms with Crippen LogP contribution < -0.4 is 59.7 Å². The van der Waals surface area contributed by atoms with Crippen LogP contribution in [0.25, 0.3) is 0 Å². The summed E-state index contributed by atoms with van der Waals surface area (Å²) in [5.74, 6) is -13.4. The van der Waals surface area contributed by atoms with Gasteiger partial charge in [0, 0.05) is 25.1 Å². The first-order chi connectivity index (χ1) is 30.7. The molecular weight excluding hydrogens is 901 g/mol. The Bertz CT molecular complexity index is 1770. The van der Waals surface area contributed by atoms with Gasteiger partial charge in [0.05, 0.1) is 18.8 Å². The van der Waals surface area contributed by atoms with Crippen LogP contribution in [-0.2, 0) is 52.7 Å². The Morgan fingerprint density at radius 3 is 1.45 bits per heavy atom. The number of hydrogen-bond donors (Lipinski definition) is 17. The first-order valence-corrected chi connectivity index (χ1v) is 21.1. The normalized spacial score (nSPS) is 15.5. The van der Waals surface area contributed by atoms with E-state index in [0.717, 1.165) is 6.92 Å². The summed E-state index contributed by atoms with van der Waals surface area (Å²) in [6, 6.07) is -13.6. The number of hydrogen-bond acceptors (Lipinski definition) is 16. The lowest BCUT2D eigenvalue weighted by molar-refractivity contribution is -0.144. The van der Waals surface area contributed by atoms with E-state index >= 15 is 0 Å². The molecule has 19 N–H and O–H groups in total. The van der Waals surface area contributed by atoms with Gasteiger partial charge in [0.1, 0.15) is 48.3 Å². The highest BCUT2D eigenvalue weighted by atomic mass is 32.1. The molecule has 0 heterocycles. The summed E-state index contributed by atoms with van der Waals surface area (Å²) in [6.45, 7) is 5.51. The SMILES string of the molecule is CC(C)[C@H](NC(=O)[C@@H](NC(=O)[C@H](CCCN=C(N)N)NC(=O)[C@H](C)NC(=O)[C@H](C)NC(=O)[C@H](CCC(=O)O)NC(=O)[C@H](CO)NC(=O)[C@H](CS)NC(=O)[C@@H](N)CCC(=O)O)[C@@H](C)O)C(=O)O. The number of aliphatic hydroxyl groups excluding tert-OH is 2. The minimum absolute atomic E-state index is 0.00569. The maximum Gasteiger partial charge on any atom is 0.326 e. The lowest BCUT2D eigenvalue weighted by Crippen LogP contribution is -2.61. The number of nitrogens with zero attached hydrogens (tertiary/aromatic N) is 1. The Balaban J connectivity index is 5.96. The van der Waals surface area contributed by atoms with Gasteiger partial charge < -0.3 is 85.3 Å². The number of aliphatic hydroxyl groups is 2. The number of guanidine groups is 1. The fraction of sp³-hybridized carbons (Fsp3) is 0.676. The summed E-state index contributed by atoms with van der Waals surface area (Å²) < 4.78 is 0. The molecule has 0 spiro atoms. The molecule has 0 aromatic carbocycles. The van der Waals surface area contributed by atoms with Crippen molar-refractivity contribution in [3.63, 3.8) is 0 Å². The summed E-state index contributed by atoms with van der Waals surface area (Å²) in [4.78, 5) is 142. The van der Waals surface area contributed by atoms with Crippen molar-refractivity contribution in [1.29, 1.82) is 0 Å². The summed E-state index contributed by atoms with van der Waals surface area (Å²) in [5, 5.41) is 65.8. The van der Waals surface area contributed by atoms with E-state index in [1.165, 1.54) is 27.7 Å². The van der Waals surface area contributed by atoms with Gasteiger partial charge in [-0.2, -0.15) is 12.6 Å². The third-order valence-corrected chi connectivity index (χ3v) is 9.66. The van der Waals surface area contributed by atoms with E-state index in [1.807, 2.05) is 0 Å². The molecule has 0 aliphatic rings. The lowest BCUT2D eigenvalue weighted by Gasteiger charge is -2.27. The predicted molar refractivity (Wildman–Crippen MR) is 234 cm³/mol. The average Bonchev–Trinajstić information content (AvgIpc) is 3.22. The van der Waals surface area contributed by atoms with Crippen LogP contribution in [0.2, 0.25) is 0 Å². The van der Waals surface area contributed by atoms with E-state index in [0.29, 0.717) is 0 Å². The number of thiol groups is 1. The van der Waals surface area contributed by atoms with Gasteiger partial charge in [0.25, 0.3) is 0 Å². The molecule has 28 nitrogen and oxygen atoms in total. The van der Waals surface area contributed by atoms with Gasteiger partial charge in [-0.25, -0.2) is 4.79 Å². The molecule has 0 aromatic heterocycles. The molecule has 10 atom stereocenters. The smallest absolute Gasteiger partial charge is 0.326 e. The van der Waals surface area contributed by atoms with Crippen LogP contribution in [0.3, 0.4) is 0 Å². The number of rotatable bonds is 31. The van der Waals surface area contributed by atoms with E-state index < -0.39 is 157 Å². The van der Waals surface area contributed by atoms with Gasteiger partial charge in [-0.05, 0) is 52.4 Å². The monoisotopic (exact) mass is 964 g/mol. The Kier molecular flexibility index (Phi) is 27.1. The van der Waals surface area contributed by atoms with Crippen molar-refractivity contribution in [2.75, 3.05) is 18.9 Å². The molecule has 0 bridgehead atoms. The van der Waals surface area contributed by atoms with Crippen molar-refractivity contribution < 1.29 is 78.3 Å². The molecule has 0 saturated heterocycles. The zero-order valence-corrected chi connectivity index (χ0v) is 38.0. The van der Waals surface area contributed by atoms with E-state index in [-0.39, 0.29) is 37.5 Å². The van der Waals surface area contributed by atoms with E-state index in [9.17, 15) is 73.2 Å². The number of carbonyl (C=O) groups is 11. The molecule has 0 saturated carbocycles. The topological polar surface area (TPSA) is 476 Å². The average molecular weight is 965 g/mol. The summed E-state index contributed by atoms with van der Waals surface area (Å²) in [7, 11) is 0. The molecule has 0 radical (unpaired) electrons. The molecule has 0 fully saturated rings. The van der Waals surface area contributed by atoms with Crippen LogP contribution in [0.1, 0.15) is 73.1 Å². The second-order valence-corrected chi connectivity index (χ2v) is 15.7. The third-order valence-electron chi connectivity index (χ3n) is 9.29. The molecule has 0 aromatic rings. The van der Waals surface area contributed by atoms with E-state index in [2.05, 4.69) is 60.2 Å². The van der Waals surface area contributed by atoms with Crippen molar-refractivity contribution in [3.05, 3.63) is 0 Å². The maximum atomic E-state index is 13.5. The molecule has 29 heteroatoms. The first kappa shape index (κ1) is 59.7. The molecule has 8 amide bonds. The minimum atomic E-state index is -1.78. The van der Waals surface area contributed by atoms with Crippen molar-refractivity contribution in [3.8, 4) is 0 Å². The number of amides is 8. The van der Waals surface area contributed by atoms with Crippen LogP contribution in [-0.4, -0.2) is 176 Å². The number of carboxylic acids is 3. The molecule has 0 unspecified atom stereocenters. The first-order valence-electron chi connectivity index (χ1n) is 20.5. The Labute approximate surface area is 384 Å². The highest BCUT2D eigenvalue weighted by Crippen LogP contribution is 2.07. The Morgan fingerprint density at radius 2 is 0.970 bits per heavy atom. The van der Waals surface area contributed by atoms with Crippen molar-refractivity contribution in [2.24, 2.45) is 28.1 Å². The maximum absolute atomic E-state index is 13.5. The number of aliphatic imine (C=N–C) groups is 1. The lowest BCUT2D eigenvalue weighted by atomic mass is 10.0. The third kappa shape index (κ3) is 22.5. The minimum Gasteiger partial charge on any atom is -0.481 e. The molecule has 0 aliphatic heterocycles. The van der Waals surface area contributed by atoms with Crippen molar-refractivity contribution in [1.82, 2.24) is 42.5 Å². The van der Waals surface area contributed by atoms with Gasteiger partial charge in [-0.1, -0.05) is 13.8 Å². The van der Waals surface area contributed by atoms with Crippen LogP contribution in [0, 0.1) is 5.92 Å². The standard InChI is InChI=1S/C37H64N12O16S/c1-15(2)26(36(64)65)48-35(63)27(18(5)51)49-32(60)20(7-6-12-41-37(39)40)44-29(57)17(4)42-28(56)16(3)43-31(59)21(9-11-25(54)55)45-33(61)22(13-50)46-34(62)23(14-66)47-30(58)19(38)8-10-24(52)53/h15-23,26-27,50-51,66H,6-14,38H2,1-5H3,(H,42,56)(H,43,59)(H,44,57)(H,45,61)(H,46,62)(H,47,58)(H,48,63)(H,49,60)(H,52,53)(H,54,55)(H,64,65)(H4,39,40,41)/t16-,17-,18+,19-,20-,21-,22-,23-,26-,27-/m0/s1. The van der Waals surface area contributed by atoms with Gasteiger partial charge in [-0.3, -0.25) is 52.9 Å². The quantitative estimate of drug-likeness (QED) is 0.0133. The molecule has 0 aliphatic carbocycles. The van der Waals surface area contributed by atoms with Gasteiger partial charge >= 0.3 is 17.9 Å². The zero-order valence-electron chi connectivity index (χ0n) is 37.1. The van der Waals surface area contributed by atoms with Crippen LogP contribution in [0.5, 0.6) is 0 Å². The number of carboxylic acid groups (broad SMARTS) is 3. The van der Waals surface area contributed by atoms with Gasteiger partial charge in [0.15, 0.2) is 5.96 Å². The van der Waals surface area contributed by atoms with Crippen LogP contribution in [0.4, 0.5) is 0 Å². The highest BCUT2D eigenvalue weighted by molar-refractivity contribution is 7.80. The van der Waals surface area contributed by atoms with E-state index in [4.69, 9.17) is 22.3 Å². The molecule has 66 heavy (non-hydrogen) atoms. The van der Waals surface area contributed by atoms with Crippen LogP contribution >= 0.6 is 12.6 Å². The second kappa shape index (κ2) is 30.0. The summed E-state index contributed by atoms with van der Waals surface area (Å²) in [6.07, 6.45) is -3.56.